The van der Waals surface area contributed by atoms with Gasteiger partial charge in [-0.15, -0.1) is 0 Å². The molecule has 0 N–H and O–H groups in total. The van der Waals surface area contributed by atoms with Crippen molar-refractivity contribution in [2.45, 2.75) is 58.8 Å². The third kappa shape index (κ3) is 4.20. The number of hydrogen-bond acceptors (Lipinski definition) is 1. The van der Waals surface area contributed by atoms with Gasteiger partial charge in [0.15, 0.2) is 0 Å². The van der Waals surface area contributed by atoms with Gasteiger partial charge in [0.25, 0.3) is 0 Å². The molecule has 0 fully saturated rings. The second kappa shape index (κ2) is 8.37. The molecule has 2 aromatic rings. The maximum atomic E-state index is 5.68. The Hall–Kier alpha value is -1.76. The van der Waals surface area contributed by atoms with E-state index >= 15 is 0 Å². The Balaban J connectivity index is 1.70. The topological polar surface area (TPSA) is 9.23 Å². The van der Waals surface area contributed by atoms with Gasteiger partial charge in [-0.25, -0.2) is 0 Å². The van der Waals surface area contributed by atoms with Gasteiger partial charge in [-0.1, -0.05) is 63.4 Å². The molecule has 24 heavy (non-hydrogen) atoms. The van der Waals surface area contributed by atoms with Crippen LogP contribution in [0, 0.1) is 5.92 Å². The molecule has 1 unspecified atom stereocenters. The summed E-state index contributed by atoms with van der Waals surface area (Å²) in [5, 5.41) is 0. The lowest BCUT2D eigenvalue weighted by molar-refractivity contribution is 0.317. The molecule has 128 valence electrons. The molecule has 2 aromatic carbocycles. The van der Waals surface area contributed by atoms with Gasteiger partial charge in [0.2, 0.25) is 0 Å². The Labute approximate surface area is 147 Å². The van der Waals surface area contributed by atoms with E-state index < -0.39 is 0 Å². The lowest BCUT2D eigenvalue weighted by Crippen LogP contribution is -2.14. The van der Waals surface area contributed by atoms with Crippen molar-refractivity contribution in [3.8, 4) is 16.9 Å². The number of hydrogen-bond donors (Lipinski definition) is 0. The highest BCUT2D eigenvalue weighted by atomic mass is 16.5. The van der Waals surface area contributed by atoms with Crippen LogP contribution in [0.1, 0.15) is 57.1 Å². The van der Waals surface area contributed by atoms with Gasteiger partial charge < -0.3 is 4.74 Å². The van der Waals surface area contributed by atoms with Crippen LogP contribution >= 0.6 is 0 Å². The Morgan fingerprint density at radius 1 is 0.917 bits per heavy atom. The van der Waals surface area contributed by atoms with Gasteiger partial charge in [-0.2, -0.15) is 0 Å². The van der Waals surface area contributed by atoms with E-state index in [0.29, 0.717) is 0 Å². The van der Waals surface area contributed by atoms with Crippen molar-refractivity contribution in [3.63, 3.8) is 0 Å². The third-order valence-corrected chi connectivity index (χ3v) is 5.16. The number of benzene rings is 2. The van der Waals surface area contributed by atoms with Crippen LogP contribution < -0.4 is 4.74 Å². The molecule has 1 heteroatoms. The van der Waals surface area contributed by atoms with Crippen LogP contribution in [0.2, 0.25) is 0 Å². The van der Waals surface area contributed by atoms with E-state index in [1.54, 1.807) is 11.1 Å². The Morgan fingerprint density at radius 3 is 2.46 bits per heavy atom. The zero-order chi connectivity index (χ0) is 16.8. The zero-order valence-corrected chi connectivity index (χ0v) is 15.2. The maximum absolute atomic E-state index is 5.68. The molecule has 0 aliphatic heterocycles. The number of aryl methyl sites for hydroxylation is 1. The summed E-state index contributed by atoms with van der Waals surface area (Å²) in [5.41, 5.74) is 5.76. The summed E-state index contributed by atoms with van der Waals surface area (Å²) in [6, 6.07) is 15.6. The van der Waals surface area contributed by atoms with Crippen molar-refractivity contribution < 1.29 is 4.74 Å². The smallest absolute Gasteiger partial charge is 0.119 e. The van der Waals surface area contributed by atoms with E-state index in [9.17, 15) is 0 Å². The van der Waals surface area contributed by atoms with Crippen molar-refractivity contribution in [2.24, 2.45) is 5.92 Å². The number of rotatable bonds is 7. The molecule has 0 amide bonds. The van der Waals surface area contributed by atoms with Gasteiger partial charge in [0, 0.05) is 0 Å². The molecule has 1 atom stereocenters. The Bertz CT molecular complexity index is 642. The van der Waals surface area contributed by atoms with E-state index in [1.807, 2.05) is 0 Å². The summed E-state index contributed by atoms with van der Waals surface area (Å²) < 4.78 is 5.68. The summed E-state index contributed by atoms with van der Waals surface area (Å²) in [4.78, 5) is 0. The summed E-state index contributed by atoms with van der Waals surface area (Å²) in [5.74, 6) is 1.87. The Morgan fingerprint density at radius 2 is 1.71 bits per heavy atom. The van der Waals surface area contributed by atoms with Crippen LogP contribution in [-0.4, -0.2) is 6.61 Å². The summed E-state index contributed by atoms with van der Waals surface area (Å²) in [6.07, 6.45) is 9.03. The SMILES string of the molecule is CCCCC1CCc2cc(-c3ccc(OCCC)cc3)ccc2C1. The monoisotopic (exact) mass is 322 g/mol. The van der Waals surface area contributed by atoms with E-state index in [-0.39, 0.29) is 0 Å². The second-order valence-corrected chi connectivity index (χ2v) is 7.11. The van der Waals surface area contributed by atoms with Gasteiger partial charge in [-0.05, 0) is 66.0 Å². The molecule has 1 aliphatic carbocycles. The fourth-order valence-electron chi connectivity index (χ4n) is 3.71. The first-order chi connectivity index (χ1) is 11.8. The molecule has 0 heterocycles. The lowest BCUT2D eigenvalue weighted by Gasteiger charge is -2.25. The third-order valence-electron chi connectivity index (χ3n) is 5.16. The van der Waals surface area contributed by atoms with Crippen LogP contribution in [0.25, 0.3) is 11.1 Å². The fourth-order valence-corrected chi connectivity index (χ4v) is 3.71. The van der Waals surface area contributed by atoms with E-state index in [4.69, 9.17) is 4.74 Å². The zero-order valence-electron chi connectivity index (χ0n) is 15.2. The molecular weight excluding hydrogens is 292 g/mol. The second-order valence-electron chi connectivity index (χ2n) is 7.11. The van der Waals surface area contributed by atoms with E-state index in [1.165, 1.54) is 49.7 Å². The van der Waals surface area contributed by atoms with Crippen LogP contribution in [0.4, 0.5) is 0 Å². The average Bonchev–Trinajstić information content (AvgIpc) is 2.64. The van der Waals surface area contributed by atoms with Gasteiger partial charge in [0.05, 0.1) is 6.61 Å². The first kappa shape index (κ1) is 17.1. The van der Waals surface area contributed by atoms with Crippen molar-refractivity contribution in [1.82, 2.24) is 0 Å². The van der Waals surface area contributed by atoms with Gasteiger partial charge in [-0.3, -0.25) is 0 Å². The molecule has 0 radical (unpaired) electrons. The van der Waals surface area contributed by atoms with Crippen LogP contribution in [-0.2, 0) is 12.8 Å². The largest absolute Gasteiger partial charge is 0.494 e. The molecule has 0 aromatic heterocycles. The standard InChI is InChI=1S/C23H30O/c1-3-5-6-18-7-8-22-17-21(10-9-20(22)16-18)19-11-13-23(14-12-19)24-15-4-2/h9-14,17-18H,3-8,15-16H2,1-2H3. The molecule has 0 spiro atoms. The highest BCUT2D eigenvalue weighted by Gasteiger charge is 2.18. The average molecular weight is 322 g/mol. The molecule has 0 bridgehead atoms. The van der Waals surface area contributed by atoms with E-state index in [2.05, 4.69) is 56.3 Å². The minimum Gasteiger partial charge on any atom is -0.494 e. The Kier molecular flexibility index (Phi) is 5.96. The summed E-state index contributed by atoms with van der Waals surface area (Å²) >= 11 is 0. The molecule has 0 saturated carbocycles. The minimum absolute atomic E-state index is 0.789. The quantitative estimate of drug-likeness (QED) is 0.570. The summed E-state index contributed by atoms with van der Waals surface area (Å²) in [6.45, 7) is 5.22. The predicted octanol–water partition coefficient (Wildman–Crippen LogP) is 6.44. The number of fused-ring (bicyclic) bond motifs is 1. The lowest BCUT2D eigenvalue weighted by atomic mass is 9.80. The van der Waals surface area contributed by atoms with Gasteiger partial charge >= 0.3 is 0 Å². The predicted molar refractivity (Wildman–Crippen MR) is 103 cm³/mol. The highest BCUT2D eigenvalue weighted by Crippen LogP contribution is 2.32. The van der Waals surface area contributed by atoms with Crippen LogP contribution in [0.15, 0.2) is 42.5 Å². The highest BCUT2D eigenvalue weighted by molar-refractivity contribution is 5.65. The first-order valence-corrected chi connectivity index (χ1v) is 9.65. The first-order valence-electron chi connectivity index (χ1n) is 9.65. The molecular formula is C23H30O. The fraction of sp³-hybridized carbons (Fsp3) is 0.478. The van der Waals surface area contributed by atoms with Crippen molar-refractivity contribution in [1.29, 1.82) is 0 Å². The normalized spacial score (nSPS) is 16.7. The maximum Gasteiger partial charge on any atom is 0.119 e. The minimum atomic E-state index is 0.789. The molecule has 3 rings (SSSR count). The molecule has 1 nitrogen and oxygen atoms in total. The number of unbranched alkanes of at least 4 members (excludes halogenated alkanes) is 1. The van der Waals surface area contributed by atoms with Gasteiger partial charge in [0.1, 0.15) is 5.75 Å². The van der Waals surface area contributed by atoms with Crippen molar-refractivity contribution in [2.75, 3.05) is 6.61 Å². The van der Waals surface area contributed by atoms with Crippen LogP contribution in [0.5, 0.6) is 5.75 Å². The summed E-state index contributed by atoms with van der Waals surface area (Å²) in [7, 11) is 0. The van der Waals surface area contributed by atoms with Crippen LogP contribution in [0.3, 0.4) is 0 Å². The molecule has 0 saturated heterocycles. The molecule has 1 aliphatic rings. The van der Waals surface area contributed by atoms with Crippen molar-refractivity contribution >= 4 is 0 Å². The van der Waals surface area contributed by atoms with Crippen molar-refractivity contribution in [3.05, 3.63) is 53.6 Å². The number of ether oxygens (including phenoxy) is 1. The van der Waals surface area contributed by atoms with E-state index in [0.717, 1.165) is 24.7 Å².